The topological polar surface area (TPSA) is 26.3 Å². The molecule has 3 heteroatoms. The Morgan fingerprint density at radius 2 is 2.42 bits per heavy atom. The molecule has 0 fully saturated rings. The molecule has 0 unspecified atom stereocenters. The van der Waals surface area contributed by atoms with Gasteiger partial charge in [0.05, 0.1) is 13.2 Å². The summed E-state index contributed by atoms with van der Waals surface area (Å²) in [5, 5.41) is 0. The van der Waals surface area contributed by atoms with Gasteiger partial charge in [0.1, 0.15) is 0 Å². The van der Waals surface area contributed by atoms with Crippen molar-refractivity contribution in [2.45, 2.75) is 19.8 Å². The quantitative estimate of drug-likeness (QED) is 0.560. The highest BCUT2D eigenvalue weighted by molar-refractivity contribution is 5.93. The van der Waals surface area contributed by atoms with Crippen molar-refractivity contribution in [2.75, 3.05) is 13.2 Å². The van der Waals surface area contributed by atoms with Gasteiger partial charge >= 0.3 is 0 Å². The second-order valence-electron chi connectivity index (χ2n) is 2.62. The molecule has 0 aliphatic carbocycles. The van der Waals surface area contributed by atoms with Gasteiger partial charge in [-0.1, -0.05) is 12.7 Å². The van der Waals surface area contributed by atoms with Crippen molar-refractivity contribution in [1.29, 1.82) is 0 Å². The summed E-state index contributed by atoms with van der Waals surface area (Å²) in [6, 6.07) is 0. The Morgan fingerprint density at radius 3 is 3.08 bits per heavy atom. The number of rotatable bonds is 1. The maximum Gasteiger partial charge on any atom is 0.208 e. The van der Waals surface area contributed by atoms with Gasteiger partial charge < -0.3 is 4.74 Å². The van der Waals surface area contributed by atoms with Gasteiger partial charge in [0.15, 0.2) is 0 Å². The van der Waals surface area contributed by atoms with E-state index >= 15 is 0 Å². The minimum Gasteiger partial charge on any atom is -0.376 e. The van der Waals surface area contributed by atoms with Gasteiger partial charge in [-0.15, -0.1) is 0 Å². The minimum absolute atomic E-state index is 0.121. The second kappa shape index (κ2) is 4.19. The minimum atomic E-state index is -0.754. The van der Waals surface area contributed by atoms with Crippen LogP contribution in [0.15, 0.2) is 17.1 Å². The lowest BCUT2D eigenvalue weighted by molar-refractivity contribution is -0.118. The summed E-state index contributed by atoms with van der Waals surface area (Å²) in [6.45, 7) is 2.57. The largest absolute Gasteiger partial charge is 0.376 e. The third kappa shape index (κ3) is 2.29. The molecule has 0 saturated carbocycles. The van der Waals surface area contributed by atoms with E-state index < -0.39 is 11.6 Å². The monoisotopic (exact) mass is 170 g/mol. The predicted octanol–water partition coefficient (Wildman–Crippen LogP) is 1.76. The average Bonchev–Trinajstić information content (AvgIpc) is 2.06. The van der Waals surface area contributed by atoms with E-state index in [4.69, 9.17) is 4.74 Å². The van der Waals surface area contributed by atoms with E-state index in [9.17, 15) is 9.18 Å². The van der Waals surface area contributed by atoms with E-state index in [1.165, 1.54) is 0 Å². The van der Waals surface area contributed by atoms with Crippen LogP contribution in [0.5, 0.6) is 0 Å². The first-order valence-corrected chi connectivity index (χ1v) is 3.99. The molecule has 0 aromatic heterocycles. The number of halogens is 1. The molecule has 0 amide bonds. The molecule has 0 bridgehead atoms. The maximum absolute atomic E-state index is 12.8. The third-order valence-corrected chi connectivity index (χ3v) is 1.71. The van der Waals surface area contributed by atoms with Crippen molar-refractivity contribution in [3.63, 3.8) is 0 Å². The van der Waals surface area contributed by atoms with Crippen molar-refractivity contribution in [3.05, 3.63) is 17.1 Å². The molecule has 0 N–H and O–H groups in total. The molecule has 0 saturated heterocycles. The van der Waals surface area contributed by atoms with Gasteiger partial charge in [-0.3, -0.25) is 4.79 Å². The number of Topliss-reactive ketones (excluding diaryl/α,β-unsaturated/α-hetero) is 1. The van der Waals surface area contributed by atoms with Crippen LogP contribution in [0.2, 0.25) is 0 Å². The Kier molecular flexibility index (Phi) is 3.20. The zero-order valence-electron chi connectivity index (χ0n) is 7.02. The normalized spacial score (nSPS) is 19.3. The van der Waals surface area contributed by atoms with E-state index in [0.29, 0.717) is 25.2 Å². The van der Waals surface area contributed by atoms with E-state index in [2.05, 4.69) is 5.73 Å². The summed E-state index contributed by atoms with van der Waals surface area (Å²) in [5.74, 6) is -1.27. The predicted molar refractivity (Wildman–Crippen MR) is 42.4 cm³/mol. The van der Waals surface area contributed by atoms with Crippen LogP contribution in [0.1, 0.15) is 19.8 Å². The van der Waals surface area contributed by atoms with Crippen LogP contribution in [0, 0.1) is 0 Å². The molecule has 0 atom stereocenters. The maximum atomic E-state index is 12.8. The van der Waals surface area contributed by atoms with Crippen molar-refractivity contribution in [3.8, 4) is 0 Å². The van der Waals surface area contributed by atoms with Crippen LogP contribution in [-0.2, 0) is 9.53 Å². The fourth-order valence-electron chi connectivity index (χ4n) is 0.921. The molecular weight excluding hydrogens is 159 g/mol. The van der Waals surface area contributed by atoms with E-state index in [1.54, 1.807) is 0 Å². The highest BCUT2D eigenvalue weighted by atomic mass is 19.1. The SMILES string of the molecule is CCC1=C=C(F)C(=O)CCOC1. The van der Waals surface area contributed by atoms with E-state index in [-0.39, 0.29) is 6.42 Å². The number of hydrogen-bond acceptors (Lipinski definition) is 2. The first-order valence-electron chi connectivity index (χ1n) is 3.99. The summed E-state index contributed by atoms with van der Waals surface area (Å²) in [5.41, 5.74) is 3.12. The number of carbonyl (C=O) groups excluding carboxylic acids is 1. The molecule has 12 heavy (non-hydrogen) atoms. The zero-order chi connectivity index (χ0) is 8.97. The lowest BCUT2D eigenvalue weighted by Crippen LogP contribution is -2.09. The highest BCUT2D eigenvalue weighted by Gasteiger charge is 2.11. The third-order valence-electron chi connectivity index (χ3n) is 1.71. The number of ketones is 1. The van der Waals surface area contributed by atoms with Gasteiger partial charge in [0.25, 0.3) is 0 Å². The Labute approximate surface area is 70.7 Å². The lowest BCUT2D eigenvalue weighted by Gasteiger charge is -2.06. The van der Waals surface area contributed by atoms with Gasteiger partial charge in [-0.25, -0.2) is 0 Å². The first kappa shape index (κ1) is 9.17. The molecule has 0 aromatic rings. The summed E-state index contributed by atoms with van der Waals surface area (Å²) in [4.78, 5) is 10.9. The van der Waals surface area contributed by atoms with Gasteiger partial charge in [0.2, 0.25) is 11.6 Å². The van der Waals surface area contributed by atoms with Gasteiger partial charge in [-0.2, -0.15) is 4.39 Å². The van der Waals surface area contributed by atoms with Crippen molar-refractivity contribution in [1.82, 2.24) is 0 Å². The molecule has 1 rings (SSSR count). The van der Waals surface area contributed by atoms with Crippen LogP contribution in [0.3, 0.4) is 0 Å². The van der Waals surface area contributed by atoms with Crippen LogP contribution < -0.4 is 0 Å². The summed E-state index contributed by atoms with van der Waals surface area (Å²) in [7, 11) is 0. The van der Waals surface area contributed by atoms with Gasteiger partial charge in [-0.05, 0) is 6.42 Å². The highest BCUT2D eigenvalue weighted by Crippen LogP contribution is 2.09. The second-order valence-corrected chi connectivity index (χ2v) is 2.62. The lowest BCUT2D eigenvalue weighted by atomic mass is 10.2. The van der Waals surface area contributed by atoms with Gasteiger partial charge in [0, 0.05) is 12.0 Å². The van der Waals surface area contributed by atoms with Crippen LogP contribution in [0.4, 0.5) is 4.39 Å². The first-order chi connectivity index (χ1) is 5.74. The molecule has 1 aliphatic rings. The Hall–Kier alpha value is -0.920. The Morgan fingerprint density at radius 1 is 1.67 bits per heavy atom. The Bertz CT molecular complexity index is 249. The molecule has 66 valence electrons. The molecule has 0 aromatic carbocycles. The van der Waals surface area contributed by atoms with E-state index in [1.807, 2.05) is 6.92 Å². The smallest absolute Gasteiger partial charge is 0.208 e. The average molecular weight is 170 g/mol. The molecule has 0 spiro atoms. The summed E-state index contributed by atoms with van der Waals surface area (Å²) < 4.78 is 17.9. The van der Waals surface area contributed by atoms with Crippen LogP contribution in [0.25, 0.3) is 0 Å². The number of carbonyl (C=O) groups is 1. The standard InChI is InChI=1S/C9H11FO2/c1-2-7-5-8(10)9(11)3-4-12-6-7/h2-4,6H2,1H3. The number of hydrogen-bond donors (Lipinski definition) is 0. The molecule has 1 aliphatic heterocycles. The fraction of sp³-hybridized carbons (Fsp3) is 0.556. The Balaban J connectivity index is 2.93. The van der Waals surface area contributed by atoms with Crippen molar-refractivity contribution < 1.29 is 13.9 Å². The van der Waals surface area contributed by atoms with Crippen molar-refractivity contribution >= 4 is 5.78 Å². The fourth-order valence-corrected chi connectivity index (χ4v) is 0.921. The van der Waals surface area contributed by atoms with E-state index in [0.717, 1.165) is 0 Å². The zero-order valence-corrected chi connectivity index (χ0v) is 7.02. The number of ether oxygens (including phenoxy) is 1. The van der Waals surface area contributed by atoms with Crippen molar-refractivity contribution in [2.24, 2.45) is 0 Å². The molecule has 1 heterocycles. The van der Waals surface area contributed by atoms with Crippen LogP contribution >= 0.6 is 0 Å². The van der Waals surface area contributed by atoms with Crippen LogP contribution in [-0.4, -0.2) is 19.0 Å². The molecule has 2 nitrogen and oxygen atoms in total. The molecule has 0 radical (unpaired) electrons. The summed E-state index contributed by atoms with van der Waals surface area (Å²) >= 11 is 0. The molecular formula is C9H11FO2. The summed E-state index contributed by atoms with van der Waals surface area (Å²) in [6.07, 6.45) is 0.788.